The Morgan fingerprint density at radius 1 is 1.19 bits per heavy atom. The topological polar surface area (TPSA) is 67.8 Å². The first kappa shape index (κ1) is 25.0. The van der Waals surface area contributed by atoms with Gasteiger partial charge in [-0.15, -0.1) is 0 Å². The molecule has 0 rings (SSSR count). The zero-order valence-corrected chi connectivity index (χ0v) is 19.5. The van der Waals surface area contributed by atoms with Crippen molar-refractivity contribution in [3.05, 3.63) is 12.3 Å². The summed E-state index contributed by atoms with van der Waals surface area (Å²) < 4.78 is 12.0. The molecule has 2 N–H and O–H groups in total. The van der Waals surface area contributed by atoms with Gasteiger partial charge < -0.3 is 19.6 Å². The van der Waals surface area contributed by atoms with Gasteiger partial charge in [-0.25, -0.2) is 4.79 Å². The number of aliphatic hydroxyl groups is 1. The fraction of sp³-hybridized carbons (Fsp3) is 0.850. The SMILES string of the molecule is C=C(O)C[C@@H](O[Si](C)(C)C(C)(C)C)[C@H](NC(=O)OC(C)(C)C)[C@@H](C)CC. The van der Waals surface area contributed by atoms with E-state index in [0.717, 1.165) is 6.42 Å². The number of carbonyl (C=O) groups excluding carboxylic acids is 1. The molecule has 5 nitrogen and oxygen atoms in total. The summed E-state index contributed by atoms with van der Waals surface area (Å²) in [5.74, 6) is 0.227. The monoisotopic (exact) mass is 387 g/mol. The van der Waals surface area contributed by atoms with Crippen LogP contribution in [0, 0.1) is 5.92 Å². The average molecular weight is 388 g/mol. The molecule has 0 saturated carbocycles. The van der Waals surface area contributed by atoms with Gasteiger partial charge in [0.05, 0.1) is 17.9 Å². The third kappa shape index (κ3) is 8.58. The Hall–Kier alpha value is -1.01. The van der Waals surface area contributed by atoms with E-state index in [2.05, 4.69) is 59.6 Å². The summed E-state index contributed by atoms with van der Waals surface area (Å²) in [6, 6.07) is -0.270. The highest BCUT2D eigenvalue weighted by Gasteiger charge is 2.42. The van der Waals surface area contributed by atoms with Crippen LogP contribution in [0.25, 0.3) is 0 Å². The van der Waals surface area contributed by atoms with Crippen LogP contribution in [0.1, 0.15) is 68.2 Å². The lowest BCUT2D eigenvalue weighted by atomic mass is 9.92. The van der Waals surface area contributed by atoms with Gasteiger partial charge in [0.1, 0.15) is 5.60 Å². The van der Waals surface area contributed by atoms with Crippen molar-refractivity contribution in [1.29, 1.82) is 0 Å². The second-order valence-corrected chi connectivity index (χ2v) is 14.5. The molecule has 0 aliphatic rings. The molecule has 0 heterocycles. The summed E-state index contributed by atoms with van der Waals surface area (Å²) in [6.45, 7) is 24.1. The van der Waals surface area contributed by atoms with Crippen molar-refractivity contribution >= 4 is 14.4 Å². The maximum absolute atomic E-state index is 12.4. The van der Waals surface area contributed by atoms with E-state index < -0.39 is 20.0 Å². The third-order valence-electron chi connectivity index (χ3n) is 5.03. The van der Waals surface area contributed by atoms with Crippen LogP contribution >= 0.6 is 0 Å². The molecule has 0 fully saturated rings. The lowest BCUT2D eigenvalue weighted by molar-refractivity contribution is 0.0368. The first-order valence-corrected chi connectivity index (χ1v) is 12.4. The van der Waals surface area contributed by atoms with Crippen molar-refractivity contribution in [3.8, 4) is 0 Å². The molecular weight excluding hydrogens is 346 g/mol. The van der Waals surface area contributed by atoms with Crippen LogP contribution < -0.4 is 5.32 Å². The lowest BCUT2D eigenvalue weighted by Crippen LogP contribution is -2.54. The van der Waals surface area contributed by atoms with Gasteiger partial charge in [-0.3, -0.25) is 0 Å². The first-order valence-electron chi connectivity index (χ1n) is 9.54. The van der Waals surface area contributed by atoms with Gasteiger partial charge in [-0.05, 0) is 44.8 Å². The predicted molar refractivity (Wildman–Crippen MR) is 111 cm³/mol. The molecule has 0 bridgehead atoms. The number of hydrogen-bond donors (Lipinski definition) is 2. The van der Waals surface area contributed by atoms with Crippen molar-refractivity contribution < 1.29 is 19.1 Å². The highest BCUT2D eigenvalue weighted by molar-refractivity contribution is 6.74. The number of ether oxygens (including phenoxy) is 1. The molecule has 154 valence electrons. The molecule has 0 aromatic heterocycles. The minimum absolute atomic E-state index is 0.0218. The Bertz CT molecular complexity index is 477. The Kier molecular flexibility index (Phi) is 8.90. The summed E-state index contributed by atoms with van der Waals surface area (Å²) in [5, 5.41) is 12.9. The van der Waals surface area contributed by atoms with Gasteiger partial charge in [0.25, 0.3) is 0 Å². The first-order chi connectivity index (χ1) is 11.5. The summed E-state index contributed by atoms with van der Waals surface area (Å²) >= 11 is 0. The average Bonchev–Trinajstić information content (AvgIpc) is 2.39. The standard InChI is InChI=1S/C20H41NO4Si/c1-12-14(2)17(21-18(23)24-19(4,5)6)16(13-15(3)22)25-26(10,11)20(7,8)9/h14,16-17,22H,3,12-13H2,1-2,4-11H3,(H,21,23)/t14-,16+,17+/m0/s1. The number of amides is 1. The number of hydrogen-bond acceptors (Lipinski definition) is 4. The van der Waals surface area contributed by atoms with E-state index >= 15 is 0 Å². The molecule has 1 amide bonds. The molecular formula is C20H41NO4Si. The quantitative estimate of drug-likeness (QED) is 0.409. The van der Waals surface area contributed by atoms with Crippen molar-refractivity contribution in [3.63, 3.8) is 0 Å². The second kappa shape index (κ2) is 9.26. The lowest BCUT2D eigenvalue weighted by Gasteiger charge is -2.42. The van der Waals surface area contributed by atoms with Crippen molar-refractivity contribution in [1.82, 2.24) is 5.32 Å². The molecule has 3 atom stereocenters. The predicted octanol–water partition coefficient (Wildman–Crippen LogP) is 5.78. The molecule has 26 heavy (non-hydrogen) atoms. The molecule has 0 saturated heterocycles. The summed E-state index contributed by atoms with van der Waals surface area (Å²) in [6.07, 6.45) is 0.346. The smallest absolute Gasteiger partial charge is 0.407 e. The normalized spacial score (nSPS) is 16.5. The number of rotatable bonds is 8. The molecule has 6 heteroatoms. The van der Waals surface area contributed by atoms with E-state index in [1.807, 2.05) is 20.8 Å². The van der Waals surface area contributed by atoms with E-state index in [9.17, 15) is 9.90 Å². The Balaban J connectivity index is 5.62. The van der Waals surface area contributed by atoms with Crippen LogP contribution in [0.15, 0.2) is 12.3 Å². The highest BCUT2D eigenvalue weighted by atomic mass is 28.4. The largest absolute Gasteiger partial charge is 0.513 e. The fourth-order valence-corrected chi connectivity index (χ4v) is 3.67. The zero-order chi connectivity index (χ0) is 20.9. The van der Waals surface area contributed by atoms with Gasteiger partial charge in [0, 0.05) is 6.42 Å². The van der Waals surface area contributed by atoms with Gasteiger partial charge in [0.15, 0.2) is 8.32 Å². The van der Waals surface area contributed by atoms with Crippen LogP contribution in [-0.2, 0) is 9.16 Å². The van der Waals surface area contributed by atoms with Crippen molar-refractivity contribution in [2.24, 2.45) is 5.92 Å². The van der Waals surface area contributed by atoms with Crippen LogP contribution in [0.3, 0.4) is 0 Å². The summed E-state index contributed by atoms with van der Waals surface area (Å²) in [4.78, 5) is 12.4. The number of aliphatic hydroxyl groups excluding tert-OH is 1. The highest BCUT2D eigenvalue weighted by Crippen LogP contribution is 2.38. The second-order valence-electron chi connectivity index (χ2n) is 9.74. The van der Waals surface area contributed by atoms with Gasteiger partial charge in [-0.2, -0.15) is 0 Å². The zero-order valence-electron chi connectivity index (χ0n) is 18.5. The number of nitrogens with one attached hydrogen (secondary N) is 1. The van der Waals surface area contributed by atoms with Crippen LogP contribution in [0.2, 0.25) is 18.1 Å². The third-order valence-corrected chi connectivity index (χ3v) is 9.53. The van der Waals surface area contributed by atoms with Crippen LogP contribution in [-0.4, -0.2) is 37.3 Å². The van der Waals surface area contributed by atoms with Crippen LogP contribution in [0.5, 0.6) is 0 Å². The number of carbonyl (C=O) groups is 1. The molecule has 0 unspecified atom stereocenters. The molecule has 0 spiro atoms. The Morgan fingerprint density at radius 3 is 2.04 bits per heavy atom. The minimum Gasteiger partial charge on any atom is -0.513 e. The fourth-order valence-electron chi connectivity index (χ4n) is 2.33. The molecule has 0 aliphatic heterocycles. The van der Waals surface area contributed by atoms with E-state index in [1.54, 1.807) is 0 Å². The van der Waals surface area contributed by atoms with Gasteiger partial charge >= 0.3 is 6.09 Å². The van der Waals surface area contributed by atoms with Gasteiger partial charge in [0.2, 0.25) is 0 Å². The van der Waals surface area contributed by atoms with Crippen molar-refractivity contribution in [2.75, 3.05) is 0 Å². The maximum atomic E-state index is 12.4. The summed E-state index contributed by atoms with van der Waals surface area (Å²) in [5.41, 5.74) is -0.569. The Morgan fingerprint density at radius 2 is 1.69 bits per heavy atom. The maximum Gasteiger partial charge on any atom is 0.407 e. The van der Waals surface area contributed by atoms with E-state index in [-0.39, 0.29) is 35.3 Å². The van der Waals surface area contributed by atoms with Crippen LogP contribution in [0.4, 0.5) is 4.79 Å². The molecule has 0 aromatic carbocycles. The molecule has 0 radical (unpaired) electrons. The molecule has 0 aliphatic carbocycles. The summed E-state index contributed by atoms with van der Waals surface area (Å²) in [7, 11) is -2.10. The minimum atomic E-state index is -2.10. The van der Waals surface area contributed by atoms with E-state index in [1.165, 1.54) is 0 Å². The number of alkyl carbamates (subject to hydrolysis) is 1. The van der Waals surface area contributed by atoms with E-state index in [4.69, 9.17) is 9.16 Å². The van der Waals surface area contributed by atoms with E-state index in [0.29, 0.717) is 0 Å². The van der Waals surface area contributed by atoms with Gasteiger partial charge in [-0.1, -0.05) is 47.6 Å². The Labute approximate surface area is 161 Å². The molecule has 0 aromatic rings. The van der Waals surface area contributed by atoms with Crippen molar-refractivity contribution in [2.45, 2.75) is 104 Å².